The molecule has 0 atom stereocenters. The normalized spacial score (nSPS) is 17.2. The first-order chi connectivity index (χ1) is 10.0. The van der Waals surface area contributed by atoms with Crippen LogP contribution < -0.4 is 4.90 Å². The average Bonchev–Trinajstić information content (AvgIpc) is 2.48. The Hall–Kier alpha value is -1.81. The van der Waals surface area contributed by atoms with Crippen LogP contribution in [0.25, 0.3) is 6.08 Å². The van der Waals surface area contributed by atoms with E-state index in [-0.39, 0.29) is 0 Å². The highest BCUT2D eigenvalue weighted by atomic mass is 16.4. The monoisotopic (exact) mass is 288 g/mol. The van der Waals surface area contributed by atoms with Crippen LogP contribution >= 0.6 is 0 Å². The number of carboxylic acid groups (broad SMARTS) is 1. The van der Waals surface area contributed by atoms with Crippen molar-refractivity contribution in [2.45, 2.75) is 12.8 Å². The summed E-state index contributed by atoms with van der Waals surface area (Å²) in [5, 5.41) is 8.62. The highest BCUT2D eigenvalue weighted by Crippen LogP contribution is 2.21. The molecule has 1 saturated heterocycles. The Labute approximate surface area is 126 Å². The minimum atomic E-state index is -0.918. The van der Waals surface area contributed by atoms with E-state index in [2.05, 4.69) is 36.0 Å². The molecule has 1 aromatic carbocycles. The van der Waals surface area contributed by atoms with Gasteiger partial charge in [0, 0.05) is 25.4 Å². The van der Waals surface area contributed by atoms with Crippen LogP contribution in [-0.4, -0.2) is 49.7 Å². The minimum absolute atomic E-state index is 0.762. The molecule has 21 heavy (non-hydrogen) atoms. The van der Waals surface area contributed by atoms with Gasteiger partial charge >= 0.3 is 5.97 Å². The number of carboxylic acids is 1. The topological polar surface area (TPSA) is 43.8 Å². The second-order valence-electron chi connectivity index (χ2n) is 5.89. The Kier molecular flexibility index (Phi) is 5.39. The standard InChI is InChI=1S/C17H24N2O2/c1-18-11-9-15(10-12-18)13-19(2)16-6-3-14(4-7-16)5-8-17(20)21/h3-8,15H,9-13H2,1-2H3,(H,20,21). The van der Waals surface area contributed by atoms with Crippen molar-refractivity contribution in [1.29, 1.82) is 0 Å². The highest BCUT2D eigenvalue weighted by Gasteiger charge is 2.18. The van der Waals surface area contributed by atoms with E-state index in [1.165, 1.54) is 31.6 Å². The van der Waals surface area contributed by atoms with Gasteiger partial charge in [-0.05, 0) is 62.7 Å². The fourth-order valence-corrected chi connectivity index (χ4v) is 2.74. The van der Waals surface area contributed by atoms with Gasteiger partial charge in [-0.1, -0.05) is 12.1 Å². The van der Waals surface area contributed by atoms with Crippen LogP contribution in [0.4, 0.5) is 5.69 Å². The number of hydrogen-bond acceptors (Lipinski definition) is 3. The molecule has 1 aliphatic heterocycles. The van der Waals surface area contributed by atoms with Gasteiger partial charge in [0.1, 0.15) is 0 Å². The molecule has 1 heterocycles. The molecule has 0 spiro atoms. The third kappa shape index (κ3) is 4.90. The smallest absolute Gasteiger partial charge is 0.328 e. The van der Waals surface area contributed by atoms with Crippen molar-refractivity contribution in [3.63, 3.8) is 0 Å². The zero-order valence-corrected chi connectivity index (χ0v) is 12.8. The van der Waals surface area contributed by atoms with Crippen LogP contribution in [0.15, 0.2) is 30.3 Å². The van der Waals surface area contributed by atoms with Gasteiger partial charge in [-0.2, -0.15) is 0 Å². The second-order valence-corrected chi connectivity index (χ2v) is 5.89. The molecule has 1 aliphatic rings. The predicted molar refractivity (Wildman–Crippen MR) is 86.6 cm³/mol. The number of hydrogen-bond donors (Lipinski definition) is 1. The summed E-state index contributed by atoms with van der Waals surface area (Å²) in [4.78, 5) is 15.2. The number of piperidine rings is 1. The molecule has 4 heteroatoms. The number of anilines is 1. The number of carbonyl (C=O) groups is 1. The third-order valence-corrected chi connectivity index (χ3v) is 4.12. The fraction of sp³-hybridized carbons (Fsp3) is 0.471. The Balaban J connectivity index is 1.90. The van der Waals surface area contributed by atoms with E-state index in [1.54, 1.807) is 6.08 Å². The van der Waals surface area contributed by atoms with Crippen molar-refractivity contribution in [2.75, 3.05) is 38.6 Å². The number of benzene rings is 1. The van der Waals surface area contributed by atoms with Gasteiger partial charge in [0.25, 0.3) is 0 Å². The Morgan fingerprint density at radius 1 is 1.33 bits per heavy atom. The van der Waals surface area contributed by atoms with E-state index in [0.717, 1.165) is 24.1 Å². The van der Waals surface area contributed by atoms with E-state index in [4.69, 9.17) is 5.11 Å². The summed E-state index contributed by atoms with van der Waals surface area (Å²) in [5.41, 5.74) is 2.09. The summed E-state index contributed by atoms with van der Waals surface area (Å²) in [5.74, 6) is -0.156. The minimum Gasteiger partial charge on any atom is -0.478 e. The number of rotatable bonds is 5. The van der Waals surface area contributed by atoms with Crippen molar-refractivity contribution in [2.24, 2.45) is 5.92 Å². The van der Waals surface area contributed by atoms with E-state index >= 15 is 0 Å². The molecular formula is C17H24N2O2. The first-order valence-corrected chi connectivity index (χ1v) is 7.45. The molecule has 4 nitrogen and oxygen atoms in total. The van der Waals surface area contributed by atoms with Crippen LogP contribution in [0.1, 0.15) is 18.4 Å². The fourth-order valence-electron chi connectivity index (χ4n) is 2.74. The van der Waals surface area contributed by atoms with Gasteiger partial charge in [-0.15, -0.1) is 0 Å². The lowest BCUT2D eigenvalue weighted by Gasteiger charge is -2.32. The maximum absolute atomic E-state index is 10.5. The summed E-state index contributed by atoms with van der Waals surface area (Å²) < 4.78 is 0. The molecule has 0 bridgehead atoms. The van der Waals surface area contributed by atoms with Crippen molar-refractivity contribution < 1.29 is 9.90 Å². The van der Waals surface area contributed by atoms with Crippen molar-refractivity contribution in [1.82, 2.24) is 4.90 Å². The van der Waals surface area contributed by atoms with E-state index < -0.39 is 5.97 Å². The molecule has 1 aromatic rings. The molecular weight excluding hydrogens is 264 g/mol. The summed E-state index contributed by atoms with van der Waals surface area (Å²) >= 11 is 0. The lowest BCUT2D eigenvalue weighted by molar-refractivity contribution is -0.131. The summed E-state index contributed by atoms with van der Waals surface area (Å²) in [6.07, 6.45) is 5.31. The Morgan fingerprint density at radius 3 is 2.52 bits per heavy atom. The first kappa shape index (κ1) is 15.6. The van der Waals surface area contributed by atoms with Gasteiger partial charge in [-0.25, -0.2) is 4.79 Å². The molecule has 0 amide bonds. The second kappa shape index (κ2) is 7.27. The summed E-state index contributed by atoms with van der Waals surface area (Å²) in [6, 6.07) is 8.02. The first-order valence-electron chi connectivity index (χ1n) is 7.45. The van der Waals surface area contributed by atoms with Gasteiger partial charge in [0.15, 0.2) is 0 Å². The largest absolute Gasteiger partial charge is 0.478 e. The van der Waals surface area contributed by atoms with E-state index in [9.17, 15) is 4.79 Å². The zero-order valence-electron chi connectivity index (χ0n) is 12.8. The van der Waals surface area contributed by atoms with Gasteiger partial charge in [-0.3, -0.25) is 0 Å². The Bertz CT molecular complexity index is 488. The van der Waals surface area contributed by atoms with Gasteiger partial charge in [0.2, 0.25) is 0 Å². The Morgan fingerprint density at radius 2 is 1.95 bits per heavy atom. The van der Waals surface area contributed by atoms with Crippen LogP contribution in [-0.2, 0) is 4.79 Å². The molecule has 0 radical (unpaired) electrons. The molecule has 0 unspecified atom stereocenters. The molecule has 2 rings (SSSR count). The zero-order chi connectivity index (χ0) is 15.2. The molecule has 114 valence electrons. The lowest BCUT2D eigenvalue weighted by atomic mass is 9.96. The maximum atomic E-state index is 10.5. The quantitative estimate of drug-likeness (QED) is 0.846. The highest BCUT2D eigenvalue weighted by molar-refractivity contribution is 5.85. The van der Waals surface area contributed by atoms with E-state index in [0.29, 0.717) is 0 Å². The maximum Gasteiger partial charge on any atom is 0.328 e. The predicted octanol–water partition coefficient (Wildman–Crippen LogP) is 2.56. The van der Waals surface area contributed by atoms with Crippen molar-refractivity contribution in [3.05, 3.63) is 35.9 Å². The van der Waals surface area contributed by atoms with Crippen molar-refractivity contribution in [3.8, 4) is 0 Å². The SMILES string of the molecule is CN1CCC(CN(C)c2ccc(C=CC(=O)O)cc2)CC1. The lowest BCUT2D eigenvalue weighted by Crippen LogP contribution is -2.35. The molecule has 0 saturated carbocycles. The van der Waals surface area contributed by atoms with Crippen LogP contribution in [0.5, 0.6) is 0 Å². The molecule has 1 N–H and O–H groups in total. The third-order valence-electron chi connectivity index (χ3n) is 4.12. The molecule has 1 fully saturated rings. The van der Waals surface area contributed by atoms with Crippen molar-refractivity contribution >= 4 is 17.7 Å². The average molecular weight is 288 g/mol. The van der Waals surface area contributed by atoms with E-state index in [1.807, 2.05) is 12.1 Å². The number of likely N-dealkylation sites (tertiary alicyclic amines) is 1. The summed E-state index contributed by atoms with van der Waals surface area (Å²) in [7, 11) is 4.31. The molecule has 0 aliphatic carbocycles. The van der Waals surface area contributed by atoms with Gasteiger partial charge in [0.05, 0.1) is 0 Å². The van der Waals surface area contributed by atoms with Crippen LogP contribution in [0, 0.1) is 5.92 Å². The summed E-state index contributed by atoms with van der Waals surface area (Å²) in [6.45, 7) is 3.47. The molecule has 0 aromatic heterocycles. The van der Waals surface area contributed by atoms with Crippen LogP contribution in [0.3, 0.4) is 0 Å². The number of aliphatic carboxylic acids is 1. The van der Waals surface area contributed by atoms with Crippen LogP contribution in [0.2, 0.25) is 0 Å². The van der Waals surface area contributed by atoms with Gasteiger partial charge < -0.3 is 14.9 Å². The number of nitrogens with zero attached hydrogens (tertiary/aromatic N) is 2.